The molecule has 2 rings (SSSR count). The maximum absolute atomic E-state index is 8.61. The quantitative estimate of drug-likeness (QED) is 0.360. The Kier molecular flexibility index (Phi) is 4.04. The van der Waals surface area contributed by atoms with Crippen LogP contribution in [0.2, 0.25) is 0 Å². The Bertz CT molecular complexity index is 417. The van der Waals surface area contributed by atoms with E-state index in [-0.39, 0.29) is 11.9 Å². The molecule has 3 N–H and O–H groups in total. The van der Waals surface area contributed by atoms with Crippen molar-refractivity contribution in [3.05, 3.63) is 29.8 Å². The number of amidine groups is 1. The number of nitrogens with two attached hydrogens (primary N) is 1. The fourth-order valence-corrected chi connectivity index (χ4v) is 2.13. The Hall–Kier alpha value is -1.75. The zero-order valence-corrected chi connectivity index (χ0v) is 10.5. The van der Waals surface area contributed by atoms with Crippen LogP contribution in [0, 0.1) is 0 Å². The highest BCUT2D eigenvalue weighted by Gasteiger charge is 2.15. The molecule has 1 aliphatic rings. The zero-order valence-electron chi connectivity index (χ0n) is 10.5. The van der Waals surface area contributed by atoms with Crippen LogP contribution in [-0.4, -0.2) is 36.8 Å². The third-order valence-electron chi connectivity index (χ3n) is 3.09. The molecular weight excluding hydrogens is 230 g/mol. The standard InChI is InChI=1S/C13H19N3O2/c1-10-9-16(7-2-8-18-10)12-5-3-11(4-6-12)13(14)15-17/h3-6,10,17H,2,7-9H2,1H3,(H2,14,15). The lowest BCUT2D eigenvalue weighted by atomic mass is 10.1. The van der Waals surface area contributed by atoms with Crippen LogP contribution in [0.1, 0.15) is 18.9 Å². The highest BCUT2D eigenvalue weighted by molar-refractivity contribution is 5.97. The average molecular weight is 249 g/mol. The zero-order chi connectivity index (χ0) is 13.0. The molecule has 1 aliphatic heterocycles. The lowest BCUT2D eigenvalue weighted by Crippen LogP contribution is -2.30. The largest absolute Gasteiger partial charge is 0.409 e. The van der Waals surface area contributed by atoms with Gasteiger partial charge < -0.3 is 20.6 Å². The van der Waals surface area contributed by atoms with Gasteiger partial charge in [-0.15, -0.1) is 0 Å². The molecule has 18 heavy (non-hydrogen) atoms. The molecule has 0 bridgehead atoms. The van der Waals surface area contributed by atoms with Crippen LogP contribution in [0.3, 0.4) is 0 Å². The second-order valence-corrected chi connectivity index (χ2v) is 4.51. The van der Waals surface area contributed by atoms with Gasteiger partial charge in [0.25, 0.3) is 0 Å². The predicted octanol–water partition coefficient (Wildman–Crippen LogP) is 1.40. The summed E-state index contributed by atoms with van der Waals surface area (Å²) in [6, 6.07) is 7.71. The van der Waals surface area contributed by atoms with Crippen molar-refractivity contribution in [3.8, 4) is 0 Å². The van der Waals surface area contributed by atoms with Gasteiger partial charge in [0.2, 0.25) is 0 Å². The molecule has 1 aromatic carbocycles. The summed E-state index contributed by atoms with van der Waals surface area (Å²) in [5.41, 5.74) is 7.40. The van der Waals surface area contributed by atoms with Crippen molar-refractivity contribution in [2.75, 3.05) is 24.6 Å². The fourth-order valence-electron chi connectivity index (χ4n) is 2.13. The molecule has 5 heteroatoms. The van der Waals surface area contributed by atoms with E-state index in [0.29, 0.717) is 0 Å². The van der Waals surface area contributed by atoms with Gasteiger partial charge in [-0.05, 0) is 37.6 Å². The Balaban J connectivity index is 2.13. The normalized spacial score (nSPS) is 21.7. The first-order valence-electron chi connectivity index (χ1n) is 6.15. The fraction of sp³-hybridized carbons (Fsp3) is 0.462. The summed E-state index contributed by atoms with van der Waals surface area (Å²) in [7, 11) is 0. The van der Waals surface area contributed by atoms with Crippen LogP contribution in [0.4, 0.5) is 5.69 Å². The van der Waals surface area contributed by atoms with E-state index in [4.69, 9.17) is 15.7 Å². The number of anilines is 1. The Morgan fingerprint density at radius 3 is 2.83 bits per heavy atom. The molecule has 0 amide bonds. The van der Waals surface area contributed by atoms with Gasteiger partial charge in [-0.1, -0.05) is 5.16 Å². The first-order valence-corrected chi connectivity index (χ1v) is 6.15. The Morgan fingerprint density at radius 1 is 1.44 bits per heavy atom. The van der Waals surface area contributed by atoms with Gasteiger partial charge in [-0.3, -0.25) is 0 Å². The number of hydrogen-bond acceptors (Lipinski definition) is 4. The van der Waals surface area contributed by atoms with Gasteiger partial charge in [0, 0.05) is 30.9 Å². The second-order valence-electron chi connectivity index (χ2n) is 4.51. The number of rotatable bonds is 2. The first kappa shape index (κ1) is 12.7. The molecule has 1 atom stereocenters. The average Bonchev–Trinajstić information content (AvgIpc) is 2.63. The van der Waals surface area contributed by atoms with Crippen molar-refractivity contribution in [1.29, 1.82) is 0 Å². The monoisotopic (exact) mass is 249 g/mol. The Labute approximate surface area is 107 Å². The summed E-state index contributed by atoms with van der Waals surface area (Å²) >= 11 is 0. The highest BCUT2D eigenvalue weighted by Crippen LogP contribution is 2.18. The topological polar surface area (TPSA) is 71.1 Å². The van der Waals surface area contributed by atoms with E-state index in [1.54, 1.807) is 0 Å². The minimum absolute atomic E-state index is 0.133. The van der Waals surface area contributed by atoms with Crippen molar-refractivity contribution in [2.45, 2.75) is 19.4 Å². The van der Waals surface area contributed by atoms with E-state index >= 15 is 0 Å². The lowest BCUT2D eigenvalue weighted by Gasteiger charge is -2.24. The summed E-state index contributed by atoms with van der Waals surface area (Å²) in [4.78, 5) is 2.30. The van der Waals surface area contributed by atoms with Gasteiger partial charge in [-0.25, -0.2) is 0 Å². The summed E-state index contributed by atoms with van der Waals surface area (Å²) in [5, 5.41) is 11.6. The maximum Gasteiger partial charge on any atom is 0.170 e. The molecule has 0 aliphatic carbocycles. The van der Waals surface area contributed by atoms with Crippen LogP contribution < -0.4 is 10.6 Å². The molecular formula is C13H19N3O2. The summed E-state index contributed by atoms with van der Waals surface area (Å²) in [6.45, 7) is 4.79. The number of benzene rings is 1. The third kappa shape index (κ3) is 2.92. The van der Waals surface area contributed by atoms with Gasteiger partial charge >= 0.3 is 0 Å². The van der Waals surface area contributed by atoms with Crippen LogP contribution in [0.15, 0.2) is 29.4 Å². The van der Waals surface area contributed by atoms with Crippen molar-refractivity contribution >= 4 is 11.5 Å². The van der Waals surface area contributed by atoms with Crippen LogP contribution in [-0.2, 0) is 4.74 Å². The van der Waals surface area contributed by atoms with Crippen LogP contribution in [0.5, 0.6) is 0 Å². The summed E-state index contributed by atoms with van der Waals surface area (Å²) in [6.07, 6.45) is 1.28. The smallest absolute Gasteiger partial charge is 0.170 e. The number of hydrogen-bond donors (Lipinski definition) is 2. The first-order chi connectivity index (χ1) is 8.70. The van der Waals surface area contributed by atoms with Gasteiger partial charge in [0.05, 0.1) is 6.10 Å². The molecule has 1 aromatic rings. The highest BCUT2D eigenvalue weighted by atomic mass is 16.5. The van der Waals surface area contributed by atoms with Crippen molar-refractivity contribution in [2.24, 2.45) is 10.9 Å². The van der Waals surface area contributed by atoms with E-state index in [1.807, 2.05) is 24.3 Å². The van der Waals surface area contributed by atoms with E-state index in [2.05, 4.69) is 17.0 Å². The van der Waals surface area contributed by atoms with Crippen LogP contribution >= 0.6 is 0 Å². The molecule has 1 unspecified atom stereocenters. The molecule has 0 aromatic heterocycles. The molecule has 0 radical (unpaired) electrons. The molecule has 1 fully saturated rings. The van der Waals surface area contributed by atoms with E-state index < -0.39 is 0 Å². The summed E-state index contributed by atoms with van der Waals surface area (Å²) in [5.74, 6) is 0.133. The molecule has 5 nitrogen and oxygen atoms in total. The van der Waals surface area contributed by atoms with Gasteiger partial charge in [-0.2, -0.15) is 0 Å². The van der Waals surface area contributed by atoms with E-state index in [1.165, 1.54) is 0 Å². The molecule has 0 saturated carbocycles. The molecule has 0 spiro atoms. The number of nitrogens with zero attached hydrogens (tertiary/aromatic N) is 2. The number of ether oxygens (including phenoxy) is 1. The van der Waals surface area contributed by atoms with Gasteiger partial charge in [0.15, 0.2) is 5.84 Å². The maximum atomic E-state index is 8.61. The molecule has 98 valence electrons. The van der Waals surface area contributed by atoms with Crippen molar-refractivity contribution in [3.63, 3.8) is 0 Å². The number of oxime groups is 1. The second kappa shape index (κ2) is 5.73. The van der Waals surface area contributed by atoms with Gasteiger partial charge in [0.1, 0.15) is 0 Å². The third-order valence-corrected chi connectivity index (χ3v) is 3.09. The van der Waals surface area contributed by atoms with Crippen molar-refractivity contribution < 1.29 is 9.94 Å². The minimum Gasteiger partial charge on any atom is -0.409 e. The predicted molar refractivity (Wildman–Crippen MR) is 71.2 cm³/mol. The SMILES string of the molecule is CC1CN(c2ccc(C(N)=NO)cc2)CCCO1. The van der Waals surface area contributed by atoms with E-state index in [0.717, 1.165) is 37.4 Å². The van der Waals surface area contributed by atoms with E-state index in [9.17, 15) is 0 Å². The lowest BCUT2D eigenvalue weighted by molar-refractivity contribution is 0.0821. The summed E-state index contributed by atoms with van der Waals surface area (Å²) < 4.78 is 5.62. The van der Waals surface area contributed by atoms with Crippen LogP contribution in [0.25, 0.3) is 0 Å². The Morgan fingerprint density at radius 2 is 2.17 bits per heavy atom. The van der Waals surface area contributed by atoms with Crippen molar-refractivity contribution in [1.82, 2.24) is 0 Å². The minimum atomic E-state index is 0.133. The molecule has 1 heterocycles. The molecule has 1 saturated heterocycles.